The van der Waals surface area contributed by atoms with Crippen molar-refractivity contribution in [1.29, 1.82) is 0 Å². The van der Waals surface area contributed by atoms with E-state index in [1.807, 2.05) is 37.3 Å². The van der Waals surface area contributed by atoms with Crippen molar-refractivity contribution in [1.82, 2.24) is 5.32 Å². The van der Waals surface area contributed by atoms with Gasteiger partial charge in [-0.25, -0.2) is 0 Å². The molecule has 0 spiro atoms. The van der Waals surface area contributed by atoms with E-state index >= 15 is 0 Å². The van der Waals surface area contributed by atoms with Crippen LogP contribution >= 0.6 is 0 Å². The van der Waals surface area contributed by atoms with Gasteiger partial charge in [0.25, 0.3) is 0 Å². The monoisotopic (exact) mass is 265 g/mol. The third-order valence-electron chi connectivity index (χ3n) is 3.02. The summed E-state index contributed by atoms with van der Waals surface area (Å²) in [6, 6.07) is 9.58. The van der Waals surface area contributed by atoms with Crippen LogP contribution in [0.4, 0.5) is 0 Å². The third kappa shape index (κ3) is 4.91. The molecule has 0 aliphatic rings. The first-order chi connectivity index (χ1) is 9.12. The molecule has 0 bridgehead atoms. The lowest BCUT2D eigenvalue weighted by Gasteiger charge is -2.27. The normalized spacial score (nSPS) is 13.6. The standard InChI is InChI=1S/C15H23NO3/c1-4-11-16-15(2,14(17)18-3)10-12-19-13-8-6-5-7-9-13/h5-9,16H,4,10-12H2,1-3H3. The van der Waals surface area contributed by atoms with Gasteiger partial charge in [0.1, 0.15) is 11.3 Å². The van der Waals surface area contributed by atoms with E-state index in [-0.39, 0.29) is 5.97 Å². The molecule has 0 aromatic heterocycles. The fraction of sp³-hybridized carbons (Fsp3) is 0.533. The molecule has 0 aliphatic heterocycles. The smallest absolute Gasteiger partial charge is 0.325 e. The number of hydrogen-bond acceptors (Lipinski definition) is 4. The van der Waals surface area contributed by atoms with Gasteiger partial charge in [-0.1, -0.05) is 25.1 Å². The number of carbonyl (C=O) groups is 1. The van der Waals surface area contributed by atoms with Gasteiger partial charge in [-0.15, -0.1) is 0 Å². The second-order valence-electron chi connectivity index (χ2n) is 4.66. The van der Waals surface area contributed by atoms with Gasteiger partial charge < -0.3 is 14.8 Å². The lowest BCUT2D eigenvalue weighted by molar-refractivity contribution is -0.148. The summed E-state index contributed by atoms with van der Waals surface area (Å²) in [6.07, 6.45) is 1.53. The zero-order valence-electron chi connectivity index (χ0n) is 11.9. The zero-order valence-corrected chi connectivity index (χ0v) is 11.9. The molecule has 0 saturated heterocycles. The van der Waals surface area contributed by atoms with E-state index in [0.717, 1.165) is 18.7 Å². The van der Waals surface area contributed by atoms with E-state index in [9.17, 15) is 4.79 Å². The Morgan fingerprint density at radius 3 is 2.58 bits per heavy atom. The van der Waals surface area contributed by atoms with E-state index in [4.69, 9.17) is 9.47 Å². The predicted octanol–water partition coefficient (Wildman–Crippen LogP) is 2.39. The van der Waals surface area contributed by atoms with Crippen molar-refractivity contribution in [2.75, 3.05) is 20.3 Å². The van der Waals surface area contributed by atoms with E-state index in [0.29, 0.717) is 13.0 Å². The number of nitrogens with one attached hydrogen (secondary N) is 1. The number of para-hydroxylation sites is 1. The summed E-state index contributed by atoms with van der Waals surface area (Å²) in [5, 5.41) is 3.23. The number of rotatable bonds is 8. The molecule has 0 radical (unpaired) electrons. The fourth-order valence-electron chi connectivity index (χ4n) is 1.78. The first-order valence-corrected chi connectivity index (χ1v) is 6.63. The minimum Gasteiger partial charge on any atom is -0.494 e. The van der Waals surface area contributed by atoms with Crippen LogP contribution in [-0.2, 0) is 9.53 Å². The Morgan fingerprint density at radius 2 is 2.00 bits per heavy atom. The molecule has 1 N–H and O–H groups in total. The summed E-state index contributed by atoms with van der Waals surface area (Å²) in [6.45, 7) is 5.15. The summed E-state index contributed by atoms with van der Waals surface area (Å²) in [7, 11) is 1.41. The van der Waals surface area contributed by atoms with Gasteiger partial charge in [-0.2, -0.15) is 0 Å². The van der Waals surface area contributed by atoms with Gasteiger partial charge in [0.05, 0.1) is 13.7 Å². The summed E-state index contributed by atoms with van der Waals surface area (Å²) < 4.78 is 10.5. The minimum absolute atomic E-state index is 0.252. The predicted molar refractivity (Wildman–Crippen MR) is 75.3 cm³/mol. The van der Waals surface area contributed by atoms with Gasteiger partial charge in [-0.05, 0) is 32.0 Å². The average Bonchev–Trinajstić information content (AvgIpc) is 2.45. The van der Waals surface area contributed by atoms with Gasteiger partial charge in [0, 0.05) is 6.42 Å². The molecular weight excluding hydrogens is 242 g/mol. The van der Waals surface area contributed by atoms with Gasteiger partial charge >= 0.3 is 5.97 Å². The molecule has 1 aromatic carbocycles. The van der Waals surface area contributed by atoms with Crippen LogP contribution in [0.2, 0.25) is 0 Å². The van der Waals surface area contributed by atoms with Crippen LogP contribution < -0.4 is 10.1 Å². The number of esters is 1. The van der Waals surface area contributed by atoms with E-state index in [1.165, 1.54) is 7.11 Å². The number of benzene rings is 1. The molecule has 1 aromatic rings. The Labute approximate surface area is 115 Å². The number of methoxy groups -OCH3 is 1. The van der Waals surface area contributed by atoms with Crippen molar-refractivity contribution >= 4 is 5.97 Å². The van der Waals surface area contributed by atoms with Crippen LogP contribution in [0.25, 0.3) is 0 Å². The first kappa shape index (κ1) is 15.5. The van der Waals surface area contributed by atoms with Crippen molar-refractivity contribution in [3.63, 3.8) is 0 Å². The van der Waals surface area contributed by atoms with Crippen molar-refractivity contribution in [2.24, 2.45) is 0 Å². The maximum absolute atomic E-state index is 11.8. The zero-order chi connectivity index (χ0) is 14.1. The molecule has 0 fully saturated rings. The second kappa shape index (κ2) is 7.79. The lowest BCUT2D eigenvalue weighted by Crippen LogP contribution is -2.51. The first-order valence-electron chi connectivity index (χ1n) is 6.63. The molecule has 4 heteroatoms. The summed E-state index contributed by atoms with van der Waals surface area (Å²) in [5.41, 5.74) is -0.695. The largest absolute Gasteiger partial charge is 0.494 e. The van der Waals surface area contributed by atoms with E-state index in [1.54, 1.807) is 0 Å². The Balaban J connectivity index is 2.51. The molecule has 1 rings (SSSR count). The molecule has 0 aliphatic carbocycles. The van der Waals surface area contributed by atoms with Crippen molar-refractivity contribution < 1.29 is 14.3 Å². The van der Waals surface area contributed by atoms with Gasteiger partial charge in [0.15, 0.2) is 0 Å². The molecule has 0 amide bonds. The topological polar surface area (TPSA) is 47.6 Å². The van der Waals surface area contributed by atoms with Crippen LogP contribution in [-0.4, -0.2) is 31.8 Å². The van der Waals surface area contributed by atoms with Crippen molar-refractivity contribution in [3.8, 4) is 5.75 Å². The molecule has 0 saturated carbocycles. The van der Waals surface area contributed by atoms with Gasteiger partial charge in [-0.3, -0.25) is 4.79 Å². The Morgan fingerprint density at radius 1 is 1.32 bits per heavy atom. The highest BCUT2D eigenvalue weighted by molar-refractivity contribution is 5.80. The molecule has 1 atom stereocenters. The quantitative estimate of drug-likeness (QED) is 0.733. The molecular formula is C15H23NO3. The van der Waals surface area contributed by atoms with E-state index < -0.39 is 5.54 Å². The Hall–Kier alpha value is -1.55. The fourth-order valence-corrected chi connectivity index (χ4v) is 1.78. The third-order valence-corrected chi connectivity index (χ3v) is 3.02. The van der Waals surface area contributed by atoms with Crippen LogP contribution in [0.3, 0.4) is 0 Å². The van der Waals surface area contributed by atoms with E-state index in [2.05, 4.69) is 12.2 Å². The Bertz CT molecular complexity index is 380. The summed E-state index contributed by atoms with van der Waals surface area (Å²) >= 11 is 0. The highest BCUT2D eigenvalue weighted by Crippen LogP contribution is 2.15. The highest BCUT2D eigenvalue weighted by Gasteiger charge is 2.33. The summed E-state index contributed by atoms with van der Waals surface area (Å²) in [4.78, 5) is 11.8. The number of ether oxygens (including phenoxy) is 2. The van der Waals surface area contributed by atoms with Crippen LogP contribution in [0.5, 0.6) is 5.75 Å². The van der Waals surface area contributed by atoms with Crippen molar-refractivity contribution in [3.05, 3.63) is 30.3 Å². The van der Waals surface area contributed by atoms with Crippen LogP contribution in [0.1, 0.15) is 26.7 Å². The second-order valence-corrected chi connectivity index (χ2v) is 4.66. The molecule has 4 nitrogen and oxygen atoms in total. The van der Waals surface area contributed by atoms with Crippen LogP contribution in [0.15, 0.2) is 30.3 Å². The molecule has 1 unspecified atom stereocenters. The SMILES string of the molecule is CCCNC(C)(CCOc1ccccc1)C(=O)OC. The molecule has 19 heavy (non-hydrogen) atoms. The highest BCUT2D eigenvalue weighted by atomic mass is 16.5. The lowest BCUT2D eigenvalue weighted by atomic mass is 9.98. The van der Waals surface area contributed by atoms with Crippen molar-refractivity contribution in [2.45, 2.75) is 32.2 Å². The maximum Gasteiger partial charge on any atom is 0.325 e. The number of carbonyl (C=O) groups excluding carboxylic acids is 1. The minimum atomic E-state index is -0.695. The van der Waals surface area contributed by atoms with Gasteiger partial charge in [0.2, 0.25) is 0 Å². The molecule has 0 heterocycles. The van der Waals surface area contributed by atoms with Crippen LogP contribution in [0, 0.1) is 0 Å². The average molecular weight is 265 g/mol. The Kier molecular flexibility index (Phi) is 6.36. The summed E-state index contributed by atoms with van der Waals surface area (Å²) in [5.74, 6) is 0.558. The maximum atomic E-state index is 11.8. The molecule has 106 valence electrons. The number of hydrogen-bond donors (Lipinski definition) is 1.